The number of nitrogen functional groups attached to an aromatic ring is 1. The van der Waals surface area contributed by atoms with E-state index in [1.165, 1.54) is 18.5 Å². The van der Waals surface area contributed by atoms with Crippen molar-refractivity contribution in [2.45, 2.75) is 6.43 Å². The van der Waals surface area contributed by atoms with Crippen molar-refractivity contribution in [1.29, 1.82) is 0 Å². The van der Waals surface area contributed by atoms with E-state index in [0.29, 0.717) is 0 Å². The molecule has 17 heavy (non-hydrogen) atoms. The highest BCUT2D eigenvalue weighted by molar-refractivity contribution is 5.62. The predicted molar refractivity (Wildman–Crippen MR) is 56.8 cm³/mol. The SMILES string of the molecule is Nc1cnc(-c2c(F)cccc2C(F)F)nc1. The maximum atomic E-state index is 13.6. The molecule has 0 bridgehead atoms. The zero-order valence-electron chi connectivity index (χ0n) is 8.57. The maximum absolute atomic E-state index is 13.6. The summed E-state index contributed by atoms with van der Waals surface area (Å²) in [4.78, 5) is 7.49. The first-order valence-corrected chi connectivity index (χ1v) is 4.74. The number of hydrogen-bond acceptors (Lipinski definition) is 3. The van der Waals surface area contributed by atoms with E-state index in [9.17, 15) is 13.2 Å². The number of alkyl halides is 2. The van der Waals surface area contributed by atoms with Gasteiger partial charge in [-0.1, -0.05) is 12.1 Å². The van der Waals surface area contributed by atoms with Crippen molar-refractivity contribution in [3.8, 4) is 11.4 Å². The molecule has 1 heterocycles. The quantitative estimate of drug-likeness (QED) is 0.876. The van der Waals surface area contributed by atoms with E-state index in [1.807, 2.05) is 0 Å². The number of halogens is 3. The maximum Gasteiger partial charge on any atom is 0.264 e. The number of benzene rings is 1. The third kappa shape index (κ3) is 2.20. The zero-order valence-corrected chi connectivity index (χ0v) is 8.57. The van der Waals surface area contributed by atoms with Crippen LogP contribution in [0.5, 0.6) is 0 Å². The smallest absolute Gasteiger partial charge is 0.264 e. The molecule has 0 saturated heterocycles. The summed E-state index contributed by atoms with van der Waals surface area (Å²) in [6.45, 7) is 0. The highest BCUT2D eigenvalue weighted by atomic mass is 19.3. The molecule has 1 aromatic carbocycles. The van der Waals surface area contributed by atoms with Gasteiger partial charge < -0.3 is 5.73 Å². The van der Waals surface area contributed by atoms with Crippen LogP contribution in [-0.4, -0.2) is 9.97 Å². The fourth-order valence-corrected chi connectivity index (χ4v) is 1.43. The molecule has 2 rings (SSSR count). The molecule has 88 valence electrons. The van der Waals surface area contributed by atoms with Gasteiger partial charge in [0.05, 0.1) is 23.6 Å². The number of hydrogen-bond donors (Lipinski definition) is 1. The summed E-state index contributed by atoms with van der Waals surface area (Å²) in [6, 6.07) is 3.45. The van der Waals surface area contributed by atoms with Crippen molar-refractivity contribution in [3.05, 3.63) is 42.0 Å². The highest BCUT2D eigenvalue weighted by Gasteiger charge is 2.19. The number of rotatable bonds is 2. The molecule has 0 fully saturated rings. The molecular weight excluding hydrogens is 231 g/mol. The van der Waals surface area contributed by atoms with Crippen LogP contribution in [0.2, 0.25) is 0 Å². The van der Waals surface area contributed by atoms with Crippen molar-refractivity contribution in [2.24, 2.45) is 0 Å². The van der Waals surface area contributed by atoms with Gasteiger partial charge in [0.1, 0.15) is 5.82 Å². The first-order chi connectivity index (χ1) is 8.09. The van der Waals surface area contributed by atoms with Crippen LogP contribution in [0.4, 0.5) is 18.9 Å². The Kier molecular flexibility index (Phi) is 2.95. The molecule has 0 radical (unpaired) electrons. The van der Waals surface area contributed by atoms with Crippen LogP contribution in [0.1, 0.15) is 12.0 Å². The Balaban J connectivity index is 2.61. The van der Waals surface area contributed by atoms with Gasteiger partial charge in [-0.2, -0.15) is 0 Å². The average molecular weight is 239 g/mol. The third-order valence-corrected chi connectivity index (χ3v) is 2.18. The van der Waals surface area contributed by atoms with Gasteiger partial charge in [-0.05, 0) is 6.07 Å². The standard InChI is InChI=1S/C11H8F3N3/c12-8-3-1-2-7(10(13)14)9(8)11-16-4-6(15)5-17-11/h1-5,10H,15H2. The fraction of sp³-hybridized carbons (Fsp3) is 0.0909. The molecule has 1 aromatic heterocycles. The van der Waals surface area contributed by atoms with E-state index in [-0.39, 0.29) is 17.1 Å². The monoisotopic (exact) mass is 239 g/mol. The molecule has 0 aliphatic heterocycles. The first-order valence-electron chi connectivity index (χ1n) is 4.74. The first kappa shape index (κ1) is 11.4. The predicted octanol–water partition coefficient (Wildman–Crippen LogP) is 2.80. The van der Waals surface area contributed by atoms with E-state index >= 15 is 0 Å². The highest BCUT2D eigenvalue weighted by Crippen LogP contribution is 2.31. The lowest BCUT2D eigenvalue weighted by atomic mass is 10.1. The lowest BCUT2D eigenvalue weighted by Gasteiger charge is -2.08. The summed E-state index contributed by atoms with van der Waals surface area (Å²) in [5, 5.41) is 0. The molecule has 0 aliphatic carbocycles. The average Bonchev–Trinajstić information content (AvgIpc) is 2.30. The minimum absolute atomic E-state index is 0.104. The van der Waals surface area contributed by atoms with Crippen molar-refractivity contribution in [1.82, 2.24) is 9.97 Å². The zero-order chi connectivity index (χ0) is 12.4. The van der Waals surface area contributed by atoms with Crippen LogP contribution in [0, 0.1) is 5.82 Å². The van der Waals surface area contributed by atoms with Gasteiger partial charge in [-0.15, -0.1) is 0 Å². The van der Waals surface area contributed by atoms with Crippen LogP contribution in [0.25, 0.3) is 11.4 Å². The Bertz CT molecular complexity index is 526. The van der Waals surface area contributed by atoms with Crippen LogP contribution < -0.4 is 5.73 Å². The summed E-state index contributed by atoms with van der Waals surface area (Å²) in [6.07, 6.45) is -0.310. The van der Waals surface area contributed by atoms with Crippen LogP contribution in [0.3, 0.4) is 0 Å². The summed E-state index contributed by atoms with van der Waals surface area (Å²) in [5.41, 5.74) is 4.93. The summed E-state index contributed by atoms with van der Waals surface area (Å²) < 4.78 is 39.0. The van der Waals surface area contributed by atoms with Gasteiger partial charge >= 0.3 is 0 Å². The summed E-state index contributed by atoms with van der Waals surface area (Å²) in [7, 11) is 0. The molecule has 0 amide bonds. The van der Waals surface area contributed by atoms with E-state index < -0.39 is 17.8 Å². The minimum Gasteiger partial charge on any atom is -0.396 e. The molecule has 2 aromatic rings. The van der Waals surface area contributed by atoms with Crippen molar-refractivity contribution < 1.29 is 13.2 Å². The van der Waals surface area contributed by atoms with E-state index in [4.69, 9.17) is 5.73 Å². The molecule has 0 atom stereocenters. The normalized spacial score (nSPS) is 10.8. The number of nitrogens with two attached hydrogens (primary N) is 1. The second-order valence-corrected chi connectivity index (χ2v) is 3.34. The van der Waals surface area contributed by atoms with Gasteiger partial charge in [0.25, 0.3) is 6.43 Å². The minimum atomic E-state index is -2.79. The second kappa shape index (κ2) is 4.40. The largest absolute Gasteiger partial charge is 0.396 e. The van der Waals surface area contributed by atoms with Gasteiger partial charge in [-0.3, -0.25) is 0 Å². The van der Waals surface area contributed by atoms with Crippen LogP contribution in [-0.2, 0) is 0 Å². The van der Waals surface area contributed by atoms with Gasteiger partial charge in [-0.25, -0.2) is 23.1 Å². The topological polar surface area (TPSA) is 51.8 Å². The fourth-order valence-electron chi connectivity index (χ4n) is 1.43. The summed E-state index contributed by atoms with van der Waals surface area (Å²) in [5.74, 6) is -0.889. The molecule has 0 unspecified atom stereocenters. The number of nitrogens with zero attached hydrogens (tertiary/aromatic N) is 2. The summed E-state index contributed by atoms with van der Waals surface area (Å²) >= 11 is 0. The van der Waals surface area contributed by atoms with Crippen molar-refractivity contribution >= 4 is 5.69 Å². The van der Waals surface area contributed by atoms with Crippen LogP contribution in [0.15, 0.2) is 30.6 Å². The molecule has 3 nitrogen and oxygen atoms in total. The lowest BCUT2D eigenvalue weighted by molar-refractivity contribution is 0.151. The molecule has 2 N–H and O–H groups in total. The second-order valence-electron chi connectivity index (χ2n) is 3.34. The van der Waals surface area contributed by atoms with E-state index in [2.05, 4.69) is 9.97 Å². The molecule has 6 heteroatoms. The Morgan fingerprint density at radius 1 is 1.12 bits per heavy atom. The number of anilines is 1. The van der Waals surface area contributed by atoms with E-state index in [1.54, 1.807) is 0 Å². The number of aromatic nitrogens is 2. The van der Waals surface area contributed by atoms with E-state index in [0.717, 1.165) is 12.1 Å². The third-order valence-electron chi connectivity index (χ3n) is 2.18. The van der Waals surface area contributed by atoms with Gasteiger partial charge in [0.2, 0.25) is 0 Å². The lowest BCUT2D eigenvalue weighted by Crippen LogP contribution is -1.99. The van der Waals surface area contributed by atoms with Gasteiger partial charge in [0, 0.05) is 5.56 Å². The van der Waals surface area contributed by atoms with Crippen LogP contribution >= 0.6 is 0 Å². The Labute approximate surface area is 95.1 Å². The molecule has 0 aliphatic rings. The van der Waals surface area contributed by atoms with Crippen molar-refractivity contribution in [2.75, 3.05) is 5.73 Å². The Morgan fingerprint density at radius 3 is 2.35 bits per heavy atom. The molecular formula is C11H8F3N3. The Hall–Kier alpha value is -2.11. The van der Waals surface area contributed by atoms with Gasteiger partial charge in [0.15, 0.2) is 5.82 Å². The van der Waals surface area contributed by atoms with Crippen molar-refractivity contribution in [3.63, 3.8) is 0 Å². The Morgan fingerprint density at radius 2 is 1.76 bits per heavy atom. The molecule has 0 spiro atoms. The molecule has 0 saturated carbocycles.